The summed E-state index contributed by atoms with van der Waals surface area (Å²) < 4.78 is 5.22. The second kappa shape index (κ2) is 8.94. The van der Waals surface area contributed by atoms with E-state index in [2.05, 4.69) is 35.8 Å². The minimum Gasteiger partial charge on any atom is -0.465 e. The first kappa shape index (κ1) is 20.5. The molecule has 1 aliphatic heterocycles. The highest BCUT2D eigenvalue weighted by molar-refractivity contribution is 6.06. The number of hydrogen-bond acceptors (Lipinski definition) is 5. The maximum absolute atomic E-state index is 12.9. The number of nitrogens with zero attached hydrogens (tertiary/aromatic N) is 3. The number of aromatic nitrogens is 1. The highest BCUT2D eigenvalue weighted by Gasteiger charge is 2.26. The normalized spacial score (nSPS) is 15.6. The van der Waals surface area contributed by atoms with Crippen molar-refractivity contribution in [2.75, 3.05) is 33.3 Å². The summed E-state index contributed by atoms with van der Waals surface area (Å²) in [6.45, 7) is 9.18. The van der Waals surface area contributed by atoms with Gasteiger partial charge in [0.25, 0.3) is 0 Å². The number of hydrogen-bond donors (Lipinski definition) is 0. The van der Waals surface area contributed by atoms with Gasteiger partial charge in [-0.15, -0.1) is 0 Å². The zero-order chi connectivity index (χ0) is 21.1. The fourth-order valence-electron chi connectivity index (χ4n) is 4.24. The minimum atomic E-state index is -0.304. The smallest absolute Gasteiger partial charge is 0.338 e. The van der Waals surface area contributed by atoms with Gasteiger partial charge in [-0.25, -0.2) is 9.78 Å². The van der Waals surface area contributed by atoms with Crippen molar-refractivity contribution in [3.63, 3.8) is 0 Å². The van der Waals surface area contributed by atoms with Crippen LogP contribution in [0.5, 0.6) is 0 Å². The molecule has 0 N–H and O–H groups in total. The van der Waals surface area contributed by atoms with E-state index >= 15 is 0 Å². The summed E-state index contributed by atoms with van der Waals surface area (Å²) in [5, 5.41) is 0.847. The topological polar surface area (TPSA) is 45.7 Å². The first-order valence-electron chi connectivity index (χ1n) is 10.6. The average Bonchev–Trinajstić information content (AvgIpc) is 2.79. The van der Waals surface area contributed by atoms with Crippen molar-refractivity contribution in [3.05, 3.63) is 65.7 Å². The van der Waals surface area contributed by atoms with Gasteiger partial charge >= 0.3 is 5.97 Å². The molecule has 0 bridgehead atoms. The summed E-state index contributed by atoms with van der Waals surface area (Å²) in [6.07, 6.45) is 0. The second-order valence-electron chi connectivity index (χ2n) is 8.09. The molecule has 1 aromatic heterocycles. The van der Waals surface area contributed by atoms with Crippen molar-refractivity contribution in [3.8, 4) is 11.3 Å². The Labute approximate surface area is 178 Å². The number of rotatable bonds is 5. The molecule has 2 aromatic carbocycles. The van der Waals surface area contributed by atoms with Crippen molar-refractivity contribution in [2.24, 2.45) is 0 Å². The van der Waals surface area contributed by atoms with E-state index in [0.29, 0.717) is 18.2 Å². The van der Waals surface area contributed by atoms with Crippen LogP contribution in [0.1, 0.15) is 29.8 Å². The summed E-state index contributed by atoms with van der Waals surface area (Å²) in [7, 11) is 1.45. The van der Waals surface area contributed by atoms with E-state index in [-0.39, 0.29) is 5.97 Å². The van der Waals surface area contributed by atoms with Crippen LogP contribution in [-0.2, 0) is 11.3 Å². The predicted molar refractivity (Wildman–Crippen MR) is 121 cm³/mol. The number of methoxy groups -OCH3 is 1. The molecule has 5 heteroatoms. The summed E-state index contributed by atoms with van der Waals surface area (Å²) in [4.78, 5) is 22.8. The van der Waals surface area contributed by atoms with Crippen LogP contribution < -0.4 is 0 Å². The molecule has 5 nitrogen and oxygen atoms in total. The highest BCUT2D eigenvalue weighted by atomic mass is 16.5. The predicted octanol–water partition coefficient (Wildman–Crippen LogP) is 4.21. The molecule has 1 fully saturated rings. The maximum atomic E-state index is 12.9. The van der Waals surface area contributed by atoms with Crippen LogP contribution in [0.3, 0.4) is 0 Å². The average molecular weight is 404 g/mol. The highest BCUT2D eigenvalue weighted by Crippen LogP contribution is 2.32. The standard InChI is InChI=1S/C25H29N3O2/c1-18(2)28-15-13-27(14-16-28)17-21-23(25(29)30-3)20-11-7-8-12-22(20)26-24(21)19-9-5-4-6-10-19/h4-12,18H,13-17H2,1-3H3. The number of ether oxygens (including phenoxy) is 1. The second-order valence-corrected chi connectivity index (χ2v) is 8.09. The largest absolute Gasteiger partial charge is 0.465 e. The molecular formula is C25H29N3O2. The van der Waals surface area contributed by atoms with E-state index in [1.807, 2.05) is 42.5 Å². The molecule has 0 unspecified atom stereocenters. The Morgan fingerprint density at radius 3 is 2.33 bits per heavy atom. The Bertz CT molecular complexity index is 1030. The molecule has 0 saturated carbocycles. The SMILES string of the molecule is COC(=O)c1c(CN2CCN(C(C)C)CC2)c(-c2ccccc2)nc2ccccc12. The molecule has 0 amide bonds. The Morgan fingerprint density at radius 1 is 1.00 bits per heavy atom. The number of carbonyl (C=O) groups excluding carboxylic acids is 1. The Hall–Kier alpha value is -2.76. The zero-order valence-corrected chi connectivity index (χ0v) is 18.0. The molecule has 0 aliphatic carbocycles. The van der Waals surface area contributed by atoms with Crippen molar-refractivity contribution >= 4 is 16.9 Å². The lowest BCUT2D eigenvalue weighted by molar-refractivity contribution is 0.0598. The van der Waals surface area contributed by atoms with Crippen LogP contribution in [-0.4, -0.2) is 60.1 Å². The van der Waals surface area contributed by atoms with Crippen molar-refractivity contribution in [2.45, 2.75) is 26.4 Å². The lowest BCUT2D eigenvalue weighted by Crippen LogP contribution is -2.48. The van der Waals surface area contributed by atoms with Crippen LogP contribution in [0.15, 0.2) is 54.6 Å². The molecule has 1 aliphatic rings. The number of benzene rings is 2. The molecule has 0 radical (unpaired) electrons. The van der Waals surface area contributed by atoms with Gasteiger partial charge in [0.15, 0.2) is 0 Å². The van der Waals surface area contributed by atoms with Gasteiger partial charge in [-0.05, 0) is 19.9 Å². The van der Waals surface area contributed by atoms with Crippen LogP contribution in [0.25, 0.3) is 22.2 Å². The minimum absolute atomic E-state index is 0.304. The van der Waals surface area contributed by atoms with Gasteiger partial charge in [-0.3, -0.25) is 9.80 Å². The lowest BCUT2D eigenvalue weighted by atomic mass is 9.96. The van der Waals surface area contributed by atoms with E-state index in [1.165, 1.54) is 7.11 Å². The molecule has 156 valence electrons. The summed E-state index contributed by atoms with van der Waals surface area (Å²) >= 11 is 0. The third kappa shape index (κ3) is 4.09. The van der Waals surface area contributed by atoms with E-state index in [4.69, 9.17) is 9.72 Å². The van der Waals surface area contributed by atoms with Gasteiger partial charge in [0.1, 0.15) is 0 Å². The first-order chi connectivity index (χ1) is 14.6. The van der Waals surface area contributed by atoms with E-state index < -0.39 is 0 Å². The quantitative estimate of drug-likeness (QED) is 0.597. The molecule has 4 rings (SSSR count). The zero-order valence-electron chi connectivity index (χ0n) is 18.0. The van der Waals surface area contributed by atoms with E-state index in [9.17, 15) is 4.79 Å². The van der Waals surface area contributed by atoms with Crippen LogP contribution >= 0.6 is 0 Å². The van der Waals surface area contributed by atoms with Crippen LogP contribution in [0, 0.1) is 0 Å². The number of piperazine rings is 1. The van der Waals surface area contributed by atoms with E-state index in [0.717, 1.165) is 53.9 Å². The van der Waals surface area contributed by atoms with Crippen molar-refractivity contribution in [1.29, 1.82) is 0 Å². The molecule has 30 heavy (non-hydrogen) atoms. The number of pyridine rings is 1. The van der Waals surface area contributed by atoms with Gasteiger partial charge in [0.05, 0.1) is 23.9 Å². The van der Waals surface area contributed by atoms with Gasteiger partial charge in [0.2, 0.25) is 0 Å². The molecule has 0 spiro atoms. The number of esters is 1. The van der Waals surface area contributed by atoms with Gasteiger partial charge in [-0.1, -0.05) is 48.5 Å². The maximum Gasteiger partial charge on any atom is 0.338 e. The summed E-state index contributed by atoms with van der Waals surface area (Å²) in [5.74, 6) is -0.304. The Kier molecular flexibility index (Phi) is 6.11. The van der Waals surface area contributed by atoms with Crippen molar-refractivity contribution in [1.82, 2.24) is 14.8 Å². The van der Waals surface area contributed by atoms with Gasteiger partial charge in [0, 0.05) is 55.3 Å². The Balaban J connectivity index is 1.82. The molecule has 2 heterocycles. The van der Waals surface area contributed by atoms with Gasteiger partial charge in [-0.2, -0.15) is 0 Å². The number of carbonyl (C=O) groups is 1. The number of fused-ring (bicyclic) bond motifs is 1. The first-order valence-corrected chi connectivity index (χ1v) is 10.6. The third-order valence-electron chi connectivity index (χ3n) is 5.95. The fraction of sp³-hybridized carbons (Fsp3) is 0.360. The van der Waals surface area contributed by atoms with Crippen LogP contribution in [0.4, 0.5) is 0 Å². The summed E-state index contributed by atoms with van der Waals surface area (Å²) in [6, 6.07) is 18.5. The fourth-order valence-corrected chi connectivity index (χ4v) is 4.24. The molecule has 1 saturated heterocycles. The van der Waals surface area contributed by atoms with E-state index in [1.54, 1.807) is 0 Å². The van der Waals surface area contributed by atoms with Crippen LogP contribution in [0.2, 0.25) is 0 Å². The summed E-state index contributed by atoms with van der Waals surface area (Å²) in [5.41, 5.74) is 4.27. The van der Waals surface area contributed by atoms with Crippen molar-refractivity contribution < 1.29 is 9.53 Å². The molecule has 3 aromatic rings. The monoisotopic (exact) mass is 403 g/mol. The van der Waals surface area contributed by atoms with Gasteiger partial charge < -0.3 is 4.74 Å². The number of para-hydroxylation sites is 1. The molecular weight excluding hydrogens is 374 g/mol. The molecule has 0 atom stereocenters. The third-order valence-corrected chi connectivity index (χ3v) is 5.95. The lowest BCUT2D eigenvalue weighted by Gasteiger charge is -2.37. The Morgan fingerprint density at radius 2 is 1.67 bits per heavy atom.